The quantitative estimate of drug-likeness (QED) is 0.303. The third-order valence-electron chi connectivity index (χ3n) is 3.51. The highest BCUT2D eigenvalue weighted by Crippen LogP contribution is 2.47. The number of carbonyl (C=O) groups excluding carboxylic acids is 1. The van der Waals surface area contributed by atoms with E-state index >= 15 is 0 Å². The largest absolute Gasteiger partial charge is 0.390 e. The Morgan fingerprint density at radius 1 is 1.38 bits per heavy atom. The molecule has 1 heterocycles. The van der Waals surface area contributed by atoms with Crippen LogP contribution in [-0.2, 0) is 0 Å². The molecule has 1 aliphatic heterocycles. The van der Waals surface area contributed by atoms with Crippen molar-refractivity contribution in [2.75, 3.05) is 25.5 Å². The number of nitrogens with one attached hydrogen (secondary N) is 2. The Morgan fingerprint density at radius 2 is 2.12 bits per heavy atom. The molecule has 2 aromatic carbocycles. The van der Waals surface area contributed by atoms with E-state index in [1.165, 1.54) is 17.8 Å². The zero-order chi connectivity index (χ0) is 19.1. The van der Waals surface area contributed by atoms with Crippen LogP contribution in [0.5, 0.6) is 0 Å². The molecule has 2 aromatic rings. The number of aldehydes is 1. The molecular weight excluding hydrogens is 356 g/mol. The second-order valence-corrected chi connectivity index (χ2v) is 6.54. The molecule has 0 fully saturated rings. The van der Waals surface area contributed by atoms with E-state index in [0.29, 0.717) is 35.5 Å². The molecule has 1 aliphatic rings. The summed E-state index contributed by atoms with van der Waals surface area (Å²) in [5.74, 6) is 0. The average Bonchev–Trinajstić information content (AvgIpc) is 2.65. The lowest BCUT2D eigenvalue weighted by atomic mass is 10.1. The fourth-order valence-electron chi connectivity index (χ4n) is 2.27. The van der Waals surface area contributed by atoms with Crippen molar-refractivity contribution >= 4 is 35.1 Å². The monoisotopic (exact) mass is 376 g/mol. The summed E-state index contributed by atoms with van der Waals surface area (Å²) in [5, 5.41) is 25.6. The van der Waals surface area contributed by atoms with Crippen LogP contribution in [0.15, 0.2) is 46.2 Å². The van der Waals surface area contributed by atoms with Gasteiger partial charge in [0.1, 0.15) is 12.0 Å². The summed E-state index contributed by atoms with van der Waals surface area (Å²) in [6.45, 7) is 0.914. The van der Waals surface area contributed by atoms with Crippen molar-refractivity contribution in [2.45, 2.75) is 15.9 Å². The number of hydrogen-bond acceptors (Lipinski definition) is 8. The fourth-order valence-corrected chi connectivity index (χ4v) is 3.34. The van der Waals surface area contributed by atoms with Gasteiger partial charge in [-0.05, 0) is 25.2 Å². The normalized spacial score (nSPS) is 12.6. The van der Waals surface area contributed by atoms with Crippen LogP contribution in [0.1, 0.15) is 10.4 Å². The Balaban J connectivity index is 0.000000298. The van der Waals surface area contributed by atoms with Gasteiger partial charge in [-0.3, -0.25) is 14.9 Å². The van der Waals surface area contributed by atoms with E-state index in [4.69, 9.17) is 10.8 Å². The highest BCUT2D eigenvalue weighted by atomic mass is 32.2. The molecule has 0 spiro atoms. The molecule has 0 amide bonds. The van der Waals surface area contributed by atoms with Gasteiger partial charge in [0, 0.05) is 34.5 Å². The number of nitrogens with two attached hydrogens (primary N) is 1. The maximum atomic E-state index is 11.1. The molecule has 0 aliphatic carbocycles. The molecule has 5 N–H and O–H groups in total. The first kappa shape index (κ1) is 19.9. The van der Waals surface area contributed by atoms with Crippen molar-refractivity contribution in [3.8, 4) is 0 Å². The van der Waals surface area contributed by atoms with Gasteiger partial charge in [-0.25, -0.2) is 0 Å². The van der Waals surface area contributed by atoms with Gasteiger partial charge in [0.2, 0.25) is 0 Å². The maximum Gasteiger partial charge on any atom is 0.294 e. The molecule has 138 valence electrons. The van der Waals surface area contributed by atoms with Crippen molar-refractivity contribution in [3.05, 3.63) is 52.1 Å². The molecule has 26 heavy (non-hydrogen) atoms. The molecule has 0 aromatic heterocycles. The van der Waals surface area contributed by atoms with Crippen LogP contribution in [0.25, 0.3) is 0 Å². The van der Waals surface area contributed by atoms with Gasteiger partial charge in [0.15, 0.2) is 0 Å². The van der Waals surface area contributed by atoms with E-state index in [1.807, 2.05) is 24.3 Å². The van der Waals surface area contributed by atoms with Crippen LogP contribution >= 0.6 is 11.8 Å². The molecule has 1 unspecified atom stereocenters. The molecule has 1 atom stereocenters. The number of hydrogen-bond donors (Lipinski definition) is 4. The first-order chi connectivity index (χ1) is 12.5. The predicted octanol–water partition coefficient (Wildman–Crippen LogP) is 2.14. The van der Waals surface area contributed by atoms with Crippen LogP contribution in [0, 0.1) is 10.1 Å². The number of anilines is 2. The number of para-hydroxylation sites is 1. The topological polar surface area (TPSA) is 131 Å². The highest BCUT2D eigenvalue weighted by molar-refractivity contribution is 7.99. The van der Waals surface area contributed by atoms with Gasteiger partial charge >= 0.3 is 0 Å². The van der Waals surface area contributed by atoms with Crippen molar-refractivity contribution < 1.29 is 14.8 Å². The number of aliphatic hydroxyl groups is 1. The Labute approximate surface area is 154 Å². The molecule has 0 radical (unpaired) electrons. The van der Waals surface area contributed by atoms with Crippen molar-refractivity contribution in [1.29, 1.82) is 0 Å². The lowest BCUT2D eigenvalue weighted by molar-refractivity contribution is -0.384. The number of nitrogens with zero attached hydrogens (tertiary/aromatic N) is 1. The van der Waals surface area contributed by atoms with E-state index < -0.39 is 4.92 Å². The Bertz CT molecular complexity index is 800. The van der Waals surface area contributed by atoms with Crippen LogP contribution in [0.3, 0.4) is 0 Å². The molecule has 9 heteroatoms. The van der Waals surface area contributed by atoms with E-state index in [1.54, 1.807) is 13.1 Å². The van der Waals surface area contributed by atoms with Gasteiger partial charge in [0.25, 0.3) is 5.69 Å². The van der Waals surface area contributed by atoms with Crippen LogP contribution in [-0.4, -0.2) is 42.6 Å². The number of fused-ring (bicyclic) bond motifs is 2. The summed E-state index contributed by atoms with van der Waals surface area (Å²) in [4.78, 5) is 23.1. The maximum absolute atomic E-state index is 11.1. The van der Waals surface area contributed by atoms with Gasteiger partial charge in [-0.1, -0.05) is 23.9 Å². The minimum absolute atomic E-state index is 0.0818. The standard InChI is InChI=1S/C13H8N2O3S.C4H12N2O/c16-7-8-5-10(15(17)18)13-12(6-8)19-11-4-2-1-3-9(11)14-13;1-6-3-4(7)2-5/h1-7,14H;4,6-7H,2-3,5H2,1H3. The lowest BCUT2D eigenvalue weighted by Crippen LogP contribution is -2.30. The van der Waals surface area contributed by atoms with Crippen LogP contribution < -0.4 is 16.4 Å². The average molecular weight is 376 g/mol. The second-order valence-electron chi connectivity index (χ2n) is 5.46. The molecule has 0 bridgehead atoms. The van der Waals surface area contributed by atoms with Crippen molar-refractivity contribution in [1.82, 2.24) is 5.32 Å². The van der Waals surface area contributed by atoms with Gasteiger partial charge in [-0.15, -0.1) is 0 Å². The summed E-state index contributed by atoms with van der Waals surface area (Å²) < 4.78 is 0. The van der Waals surface area contributed by atoms with Gasteiger partial charge < -0.3 is 21.5 Å². The summed E-state index contributed by atoms with van der Waals surface area (Å²) in [6, 6.07) is 10.5. The zero-order valence-electron chi connectivity index (χ0n) is 14.1. The summed E-state index contributed by atoms with van der Waals surface area (Å²) >= 11 is 1.42. The third kappa shape index (κ3) is 4.79. The number of nitro benzene ring substituents is 1. The van der Waals surface area contributed by atoms with Crippen molar-refractivity contribution in [3.63, 3.8) is 0 Å². The van der Waals surface area contributed by atoms with Gasteiger partial charge in [0.05, 0.1) is 16.7 Å². The Morgan fingerprint density at radius 3 is 2.69 bits per heavy atom. The fraction of sp³-hybridized carbons (Fsp3) is 0.235. The number of likely N-dealkylation sites (N-methyl/N-ethyl adjacent to an activating group) is 1. The number of aliphatic hydroxyl groups excluding tert-OH is 1. The zero-order valence-corrected chi connectivity index (χ0v) is 15.0. The van der Waals surface area contributed by atoms with Crippen molar-refractivity contribution in [2.24, 2.45) is 5.73 Å². The van der Waals surface area contributed by atoms with Crippen LogP contribution in [0.2, 0.25) is 0 Å². The number of rotatable bonds is 5. The predicted molar refractivity (Wildman–Crippen MR) is 101 cm³/mol. The van der Waals surface area contributed by atoms with E-state index in [2.05, 4.69) is 10.6 Å². The Kier molecular flexibility index (Phi) is 7.10. The van der Waals surface area contributed by atoms with E-state index in [0.717, 1.165) is 10.6 Å². The molecular formula is C17H20N4O4S. The molecule has 3 rings (SSSR count). The minimum Gasteiger partial charge on any atom is -0.390 e. The molecule has 0 saturated carbocycles. The Hall–Kier alpha value is -2.46. The first-order valence-corrected chi connectivity index (χ1v) is 8.66. The number of carbonyl (C=O) groups is 1. The van der Waals surface area contributed by atoms with E-state index in [9.17, 15) is 14.9 Å². The number of nitro groups is 1. The highest BCUT2D eigenvalue weighted by Gasteiger charge is 2.25. The van der Waals surface area contributed by atoms with E-state index in [-0.39, 0.29) is 11.8 Å². The molecule has 0 saturated heterocycles. The SMILES string of the molecule is CNCC(O)CN.O=Cc1cc2c(c([N+](=O)[O-])c1)Nc1ccccc1S2. The second kappa shape index (κ2) is 9.30. The smallest absolute Gasteiger partial charge is 0.294 e. The van der Waals surface area contributed by atoms with Gasteiger partial charge in [-0.2, -0.15) is 0 Å². The number of benzene rings is 2. The van der Waals surface area contributed by atoms with Crippen LogP contribution in [0.4, 0.5) is 17.1 Å². The first-order valence-electron chi connectivity index (χ1n) is 7.84. The summed E-state index contributed by atoms with van der Waals surface area (Å²) in [6.07, 6.45) is 0.235. The molecule has 8 nitrogen and oxygen atoms in total. The lowest BCUT2D eigenvalue weighted by Gasteiger charge is -2.20. The summed E-state index contributed by atoms with van der Waals surface area (Å²) in [5.41, 5.74) is 6.57. The summed E-state index contributed by atoms with van der Waals surface area (Å²) in [7, 11) is 1.78. The third-order valence-corrected chi connectivity index (χ3v) is 4.63. The minimum atomic E-state index is -0.479.